The standard InChI is InChI=1S/C28H34N4O5Si/c1-28(2,3)38(22-10-6-4-7-11-22,23-12-8-5-9-13-23)37-21(18-36-27(29)34)17-30-16-20-14-15-24-26(31-20)32-25(33)19-35-24/h4-15,21,30H,16-19H2,1-3H3,(H2,29,34)(H,31,32,33). The third-order valence-corrected chi connectivity index (χ3v) is 11.5. The van der Waals surface area contributed by atoms with Gasteiger partial charge in [0.25, 0.3) is 14.2 Å². The van der Waals surface area contributed by atoms with Crippen LogP contribution in [0.15, 0.2) is 72.8 Å². The molecule has 200 valence electrons. The van der Waals surface area contributed by atoms with Crippen LogP contribution in [0.2, 0.25) is 5.04 Å². The Morgan fingerprint density at radius 1 is 1.08 bits per heavy atom. The number of nitrogens with one attached hydrogen (secondary N) is 2. The molecule has 3 aromatic rings. The number of aromatic nitrogens is 1. The molecule has 10 heteroatoms. The van der Waals surface area contributed by atoms with Gasteiger partial charge in [0, 0.05) is 13.1 Å². The molecule has 0 saturated carbocycles. The largest absolute Gasteiger partial charge is 0.480 e. The van der Waals surface area contributed by atoms with Gasteiger partial charge in [0.15, 0.2) is 18.2 Å². The number of nitrogens with zero attached hydrogens (tertiary/aromatic N) is 1. The Labute approximate surface area is 223 Å². The van der Waals surface area contributed by atoms with Gasteiger partial charge in [-0.3, -0.25) is 4.79 Å². The van der Waals surface area contributed by atoms with E-state index >= 15 is 0 Å². The van der Waals surface area contributed by atoms with Crippen molar-refractivity contribution < 1.29 is 23.5 Å². The highest BCUT2D eigenvalue weighted by atomic mass is 28.4. The second-order valence-corrected chi connectivity index (χ2v) is 14.4. The maximum atomic E-state index is 11.7. The van der Waals surface area contributed by atoms with Crippen molar-refractivity contribution in [1.82, 2.24) is 10.3 Å². The van der Waals surface area contributed by atoms with Crippen molar-refractivity contribution in [2.75, 3.05) is 25.1 Å². The molecule has 0 radical (unpaired) electrons. The zero-order valence-corrected chi connectivity index (χ0v) is 22.9. The Hall–Kier alpha value is -3.73. The van der Waals surface area contributed by atoms with Gasteiger partial charge in [-0.2, -0.15) is 0 Å². The quantitative estimate of drug-likeness (QED) is 0.342. The molecule has 0 aliphatic carbocycles. The summed E-state index contributed by atoms with van der Waals surface area (Å²) in [4.78, 5) is 27.7. The molecule has 1 unspecified atom stereocenters. The van der Waals surface area contributed by atoms with Crippen LogP contribution in [-0.2, 0) is 20.5 Å². The Bertz CT molecular complexity index is 1210. The van der Waals surface area contributed by atoms with Crippen molar-refractivity contribution in [3.63, 3.8) is 0 Å². The second kappa shape index (κ2) is 11.8. The first-order valence-electron chi connectivity index (χ1n) is 12.5. The van der Waals surface area contributed by atoms with E-state index < -0.39 is 20.5 Å². The van der Waals surface area contributed by atoms with E-state index in [-0.39, 0.29) is 24.2 Å². The molecule has 0 fully saturated rings. The van der Waals surface area contributed by atoms with Gasteiger partial charge in [0.05, 0.1) is 11.8 Å². The average molecular weight is 535 g/mol. The van der Waals surface area contributed by atoms with Gasteiger partial charge < -0.3 is 30.3 Å². The fourth-order valence-corrected chi connectivity index (χ4v) is 9.38. The van der Waals surface area contributed by atoms with Crippen LogP contribution in [0.5, 0.6) is 5.75 Å². The minimum Gasteiger partial charge on any atom is -0.480 e. The summed E-state index contributed by atoms with van der Waals surface area (Å²) in [5, 5.41) is 8.08. The number of primary amides is 1. The lowest BCUT2D eigenvalue weighted by molar-refractivity contribution is -0.118. The monoisotopic (exact) mass is 534 g/mol. The Balaban J connectivity index is 1.60. The van der Waals surface area contributed by atoms with Crippen LogP contribution in [0.1, 0.15) is 26.5 Å². The smallest absolute Gasteiger partial charge is 0.404 e. The number of pyridine rings is 1. The first-order valence-corrected chi connectivity index (χ1v) is 14.4. The van der Waals surface area contributed by atoms with Crippen LogP contribution >= 0.6 is 0 Å². The van der Waals surface area contributed by atoms with E-state index in [1.165, 1.54) is 0 Å². The fourth-order valence-electron chi connectivity index (χ4n) is 4.71. The van der Waals surface area contributed by atoms with Crippen molar-refractivity contribution in [1.29, 1.82) is 0 Å². The zero-order chi connectivity index (χ0) is 27.2. The Kier molecular flexibility index (Phi) is 8.45. The SMILES string of the molecule is CC(C)(C)[Si](OC(CNCc1ccc2c(n1)NC(=O)CO2)COC(N)=O)(c1ccccc1)c1ccccc1. The van der Waals surface area contributed by atoms with Gasteiger partial charge in [0.1, 0.15) is 6.61 Å². The number of rotatable bonds is 10. The molecule has 2 heterocycles. The summed E-state index contributed by atoms with van der Waals surface area (Å²) in [5.74, 6) is 0.700. The summed E-state index contributed by atoms with van der Waals surface area (Å²) in [5.41, 5.74) is 6.04. The maximum Gasteiger partial charge on any atom is 0.404 e. The lowest BCUT2D eigenvalue weighted by Gasteiger charge is -2.45. The molecular weight excluding hydrogens is 500 g/mol. The van der Waals surface area contributed by atoms with Gasteiger partial charge in [-0.1, -0.05) is 81.4 Å². The molecule has 2 aromatic carbocycles. The highest BCUT2D eigenvalue weighted by Gasteiger charge is 2.51. The molecule has 2 amide bonds. The lowest BCUT2D eigenvalue weighted by Crippen LogP contribution is -2.68. The van der Waals surface area contributed by atoms with Crippen LogP contribution in [0, 0.1) is 0 Å². The topological polar surface area (TPSA) is 125 Å². The molecule has 0 spiro atoms. The average Bonchev–Trinajstić information content (AvgIpc) is 2.90. The lowest BCUT2D eigenvalue weighted by atomic mass is 10.2. The third kappa shape index (κ3) is 6.21. The number of nitrogens with two attached hydrogens (primary N) is 1. The summed E-state index contributed by atoms with van der Waals surface area (Å²) < 4.78 is 17.7. The number of amides is 2. The predicted molar refractivity (Wildman–Crippen MR) is 148 cm³/mol. The van der Waals surface area contributed by atoms with Crippen molar-refractivity contribution in [2.45, 2.75) is 38.5 Å². The zero-order valence-electron chi connectivity index (χ0n) is 21.9. The molecule has 4 rings (SSSR count). The van der Waals surface area contributed by atoms with Gasteiger partial charge >= 0.3 is 6.09 Å². The molecule has 1 aliphatic rings. The molecule has 1 aromatic heterocycles. The molecule has 1 atom stereocenters. The van der Waals surface area contributed by atoms with E-state index in [1.807, 2.05) is 42.5 Å². The summed E-state index contributed by atoms with van der Waals surface area (Å²) >= 11 is 0. The molecular formula is C28H34N4O5Si. The van der Waals surface area contributed by atoms with Crippen LogP contribution in [0.4, 0.5) is 10.6 Å². The number of ether oxygens (including phenoxy) is 2. The third-order valence-electron chi connectivity index (χ3n) is 6.38. The summed E-state index contributed by atoms with van der Waals surface area (Å²) in [6.45, 7) is 7.31. The summed E-state index contributed by atoms with van der Waals surface area (Å²) in [7, 11) is -2.89. The molecule has 9 nitrogen and oxygen atoms in total. The number of benzene rings is 2. The minimum absolute atomic E-state index is 0.00561. The van der Waals surface area contributed by atoms with E-state index in [0.29, 0.717) is 24.7 Å². The number of hydrogen-bond acceptors (Lipinski definition) is 7. The van der Waals surface area contributed by atoms with Gasteiger partial charge in [0.2, 0.25) is 0 Å². The minimum atomic E-state index is -2.89. The van der Waals surface area contributed by atoms with Crippen molar-refractivity contribution >= 4 is 36.5 Å². The molecule has 0 bridgehead atoms. The number of anilines is 1. The first-order chi connectivity index (χ1) is 18.2. The highest BCUT2D eigenvalue weighted by Crippen LogP contribution is 2.37. The van der Waals surface area contributed by atoms with E-state index in [2.05, 4.69) is 60.7 Å². The first kappa shape index (κ1) is 27.3. The van der Waals surface area contributed by atoms with Crippen LogP contribution < -0.4 is 31.5 Å². The van der Waals surface area contributed by atoms with E-state index in [1.54, 1.807) is 6.07 Å². The van der Waals surface area contributed by atoms with Gasteiger partial charge in [-0.25, -0.2) is 9.78 Å². The van der Waals surface area contributed by atoms with Crippen molar-refractivity contribution in [3.05, 3.63) is 78.5 Å². The fraction of sp³-hybridized carbons (Fsp3) is 0.321. The Morgan fingerprint density at radius 3 is 2.29 bits per heavy atom. The van der Waals surface area contributed by atoms with Gasteiger partial charge in [-0.15, -0.1) is 0 Å². The summed E-state index contributed by atoms with van der Waals surface area (Å²) in [6, 6.07) is 24.1. The molecule has 1 aliphatic heterocycles. The normalized spacial score (nSPS) is 14.1. The molecule has 0 saturated heterocycles. The van der Waals surface area contributed by atoms with E-state index in [9.17, 15) is 9.59 Å². The van der Waals surface area contributed by atoms with Crippen molar-refractivity contribution in [2.24, 2.45) is 5.73 Å². The number of fused-ring (bicyclic) bond motifs is 1. The summed E-state index contributed by atoms with van der Waals surface area (Å²) in [6.07, 6.45) is -1.34. The number of hydrogen-bond donors (Lipinski definition) is 3. The predicted octanol–water partition coefficient (Wildman–Crippen LogP) is 2.54. The number of carbonyl (C=O) groups is 2. The van der Waals surface area contributed by atoms with Crippen molar-refractivity contribution in [3.8, 4) is 5.75 Å². The second-order valence-electron chi connectivity index (χ2n) is 10.2. The highest BCUT2D eigenvalue weighted by molar-refractivity contribution is 6.99. The van der Waals surface area contributed by atoms with Crippen LogP contribution in [-0.4, -0.2) is 51.2 Å². The van der Waals surface area contributed by atoms with Crippen LogP contribution in [0.25, 0.3) is 0 Å². The van der Waals surface area contributed by atoms with Crippen LogP contribution in [0.3, 0.4) is 0 Å². The number of carbonyl (C=O) groups excluding carboxylic acids is 2. The van der Waals surface area contributed by atoms with E-state index in [4.69, 9.17) is 19.6 Å². The van der Waals surface area contributed by atoms with Gasteiger partial charge in [-0.05, 0) is 27.5 Å². The Morgan fingerprint density at radius 2 is 1.71 bits per heavy atom. The molecule has 4 N–H and O–H groups in total. The molecule has 38 heavy (non-hydrogen) atoms. The van der Waals surface area contributed by atoms with E-state index in [0.717, 1.165) is 16.1 Å². The maximum absolute atomic E-state index is 11.7.